The standard InChI is InChI=1S/C17H18FN5O2S/c1-4-9-23-15(10-24-14-8-6-5-7-13(14)18)20-22-17(23)26-11(2)16-21-19-12(3)25-16/h4-8,11H,1,9-10H2,2-3H3/t11-/m0/s1. The third-order valence-corrected chi connectivity index (χ3v) is 4.54. The maximum Gasteiger partial charge on any atom is 0.229 e. The van der Waals surface area contributed by atoms with Gasteiger partial charge in [0.1, 0.15) is 6.61 Å². The van der Waals surface area contributed by atoms with E-state index in [9.17, 15) is 4.39 Å². The van der Waals surface area contributed by atoms with Crippen LogP contribution < -0.4 is 4.74 Å². The summed E-state index contributed by atoms with van der Waals surface area (Å²) in [5, 5.41) is 16.8. The van der Waals surface area contributed by atoms with Gasteiger partial charge in [0.15, 0.2) is 22.5 Å². The van der Waals surface area contributed by atoms with Crippen LogP contribution in [0.4, 0.5) is 4.39 Å². The molecule has 0 saturated heterocycles. The first-order chi connectivity index (χ1) is 12.6. The van der Waals surface area contributed by atoms with Crippen LogP contribution in [0.1, 0.15) is 29.8 Å². The molecule has 0 spiro atoms. The number of para-hydroxylation sites is 1. The van der Waals surface area contributed by atoms with Crippen molar-refractivity contribution in [2.24, 2.45) is 0 Å². The zero-order valence-electron chi connectivity index (χ0n) is 14.4. The van der Waals surface area contributed by atoms with E-state index in [1.807, 2.05) is 11.5 Å². The molecule has 0 saturated carbocycles. The second-order valence-electron chi connectivity index (χ2n) is 5.44. The van der Waals surface area contributed by atoms with Crippen LogP contribution in [-0.4, -0.2) is 25.0 Å². The van der Waals surface area contributed by atoms with Crippen LogP contribution in [0.25, 0.3) is 0 Å². The lowest BCUT2D eigenvalue weighted by atomic mass is 10.3. The van der Waals surface area contributed by atoms with E-state index in [1.165, 1.54) is 17.8 Å². The highest BCUT2D eigenvalue weighted by molar-refractivity contribution is 7.99. The third-order valence-electron chi connectivity index (χ3n) is 3.47. The minimum Gasteiger partial charge on any atom is -0.483 e. The smallest absolute Gasteiger partial charge is 0.229 e. The van der Waals surface area contributed by atoms with Crippen molar-refractivity contribution >= 4 is 11.8 Å². The first kappa shape index (κ1) is 18.1. The minimum atomic E-state index is -0.419. The van der Waals surface area contributed by atoms with Crippen molar-refractivity contribution in [2.45, 2.75) is 37.4 Å². The van der Waals surface area contributed by atoms with Gasteiger partial charge < -0.3 is 9.15 Å². The molecule has 7 nitrogen and oxygen atoms in total. The lowest BCUT2D eigenvalue weighted by molar-refractivity contribution is 0.275. The van der Waals surface area contributed by atoms with Gasteiger partial charge in [0.2, 0.25) is 11.8 Å². The van der Waals surface area contributed by atoms with Crippen LogP contribution >= 0.6 is 11.8 Å². The highest BCUT2D eigenvalue weighted by atomic mass is 32.2. The van der Waals surface area contributed by atoms with Crippen molar-refractivity contribution in [3.63, 3.8) is 0 Å². The van der Waals surface area contributed by atoms with Crippen LogP contribution in [-0.2, 0) is 13.2 Å². The Morgan fingerprint density at radius 3 is 2.81 bits per heavy atom. The molecule has 2 heterocycles. The van der Waals surface area contributed by atoms with Crippen molar-refractivity contribution in [3.05, 3.63) is 60.3 Å². The monoisotopic (exact) mass is 375 g/mol. The molecule has 136 valence electrons. The fourth-order valence-corrected chi connectivity index (χ4v) is 3.12. The average Bonchev–Trinajstić information content (AvgIpc) is 3.22. The number of allylic oxidation sites excluding steroid dienone is 1. The van der Waals surface area contributed by atoms with E-state index in [-0.39, 0.29) is 17.6 Å². The molecule has 0 radical (unpaired) electrons. The summed E-state index contributed by atoms with van der Waals surface area (Å²) in [5.41, 5.74) is 0. The molecule has 1 atom stereocenters. The van der Waals surface area contributed by atoms with E-state index in [0.29, 0.717) is 29.3 Å². The quantitative estimate of drug-likeness (QED) is 0.438. The predicted molar refractivity (Wildman–Crippen MR) is 94.3 cm³/mol. The van der Waals surface area contributed by atoms with Crippen molar-refractivity contribution in [3.8, 4) is 5.75 Å². The molecule has 0 bridgehead atoms. The van der Waals surface area contributed by atoms with Crippen molar-refractivity contribution in [1.82, 2.24) is 25.0 Å². The SMILES string of the molecule is C=CCn1c(COc2ccccc2F)nnc1S[C@@H](C)c1nnc(C)o1. The molecular formula is C17H18FN5O2S. The number of nitrogens with zero attached hydrogens (tertiary/aromatic N) is 5. The molecule has 0 aliphatic heterocycles. The predicted octanol–water partition coefficient (Wildman–Crippen LogP) is 3.73. The van der Waals surface area contributed by atoms with E-state index >= 15 is 0 Å². The number of aromatic nitrogens is 5. The van der Waals surface area contributed by atoms with Crippen LogP contribution in [0.5, 0.6) is 5.75 Å². The summed E-state index contributed by atoms with van der Waals surface area (Å²) in [5.74, 6) is 1.36. The number of rotatable bonds is 8. The maximum atomic E-state index is 13.7. The van der Waals surface area contributed by atoms with E-state index in [0.717, 1.165) is 0 Å². The van der Waals surface area contributed by atoms with Gasteiger partial charge >= 0.3 is 0 Å². The lowest BCUT2D eigenvalue weighted by Gasteiger charge is -2.11. The zero-order valence-corrected chi connectivity index (χ0v) is 15.2. The summed E-state index contributed by atoms with van der Waals surface area (Å²) >= 11 is 1.44. The maximum absolute atomic E-state index is 13.7. The number of thioether (sulfide) groups is 1. The summed E-state index contributed by atoms with van der Waals surface area (Å²) < 4.78 is 26.5. The number of hydrogen-bond donors (Lipinski definition) is 0. The molecule has 1 aromatic carbocycles. The van der Waals surface area contributed by atoms with Gasteiger partial charge in [0, 0.05) is 13.5 Å². The van der Waals surface area contributed by atoms with Crippen LogP contribution in [0.3, 0.4) is 0 Å². The average molecular weight is 375 g/mol. The van der Waals surface area contributed by atoms with Crippen molar-refractivity contribution in [2.75, 3.05) is 0 Å². The van der Waals surface area contributed by atoms with E-state index in [2.05, 4.69) is 27.0 Å². The fraction of sp³-hybridized carbons (Fsp3) is 0.294. The molecule has 0 fully saturated rings. The van der Waals surface area contributed by atoms with Gasteiger partial charge in [-0.2, -0.15) is 0 Å². The van der Waals surface area contributed by atoms with E-state index < -0.39 is 5.82 Å². The molecular weight excluding hydrogens is 357 g/mol. The Hall–Kier alpha value is -2.68. The second kappa shape index (κ2) is 8.13. The highest BCUT2D eigenvalue weighted by Crippen LogP contribution is 2.33. The first-order valence-corrected chi connectivity index (χ1v) is 8.83. The molecule has 2 aromatic heterocycles. The summed E-state index contributed by atoms with van der Waals surface area (Å²) in [7, 11) is 0. The molecule has 0 aliphatic carbocycles. The molecule has 0 aliphatic rings. The Morgan fingerprint density at radius 2 is 2.12 bits per heavy atom. The van der Waals surface area contributed by atoms with Gasteiger partial charge in [-0.15, -0.1) is 27.0 Å². The van der Waals surface area contributed by atoms with Gasteiger partial charge in [-0.25, -0.2) is 4.39 Å². The summed E-state index contributed by atoms with van der Waals surface area (Å²) in [6.07, 6.45) is 1.74. The van der Waals surface area contributed by atoms with Gasteiger partial charge in [0.25, 0.3) is 0 Å². The van der Waals surface area contributed by atoms with Crippen LogP contribution in [0, 0.1) is 12.7 Å². The van der Waals surface area contributed by atoms with Gasteiger partial charge in [-0.3, -0.25) is 4.57 Å². The largest absolute Gasteiger partial charge is 0.483 e. The van der Waals surface area contributed by atoms with Gasteiger partial charge in [-0.1, -0.05) is 30.0 Å². The van der Waals surface area contributed by atoms with E-state index in [4.69, 9.17) is 9.15 Å². The Kier molecular flexibility index (Phi) is 5.67. The molecule has 3 rings (SSSR count). The molecule has 9 heteroatoms. The van der Waals surface area contributed by atoms with E-state index in [1.54, 1.807) is 31.2 Å². The molecule has 26 heavy (non-hydrogen) atoms. The summed E-state index contributed by atoms with van der Waals surface area (Å²) in [6, 6.07) is 6.23. The fourth-order valence-electron chi connectivity index (χ4n) is 2.21. The Balaban J connectivity index is 1.75. The van der Waals surface area contributed by atoms with Crippen LogP contribution in [0.15, 0.2) is 46.5 Å². The minimum absolute atomic E-state index is 0.0932. The lowest BCUT2D eigenvalue weighted by Crippen LogP contribution is -2.08. The number of aryl methyl sites for hydroxylation is 1. The number of hydrogen-bond acceptors (Lipinski definition) is 7. The molecule has 0 amide bonds. The summed E-state index contributed by atoms with van der Waals surface area (Å²) in [6.45, 7) is 8.04. The first-order valence-electron chi connectivity index (χ1n) is 7.95. The van der Waals surface area contributed by atoms with Gasteiger partial charge in [0.05, 0.1) is 5.25 Å². The Labute approximate surface area is 154 Å². The molecule has 0 unspecified atom stereocenters. The normalized spacial score (nSPS) is 12.1. The molecule has 0 N–H and O–H groups in total. The molecule has 3 aromatic rings. The van der Waals surface area contributed by atoms with Crippen molar-refractivity contribution in [1.29, 1.82) is 0 Å². The number of halogens is 1. The number of benzene rings is 1. The Bertz CT molecular complexity index is 895. The van der Waals surface area contributed by atoms with Crippen LogP contribution in [0.2, 0.25) is 0 Å². The zero-order chi connectivity index (χ0) is 18.5. The van der Waals surface area contributed by atoms with Crippen molar-refractivity contribution < 1.29 is 13.5 Å². The number of ether oxygens (including phenoxy) is 1. The van der Waals surface area contributed by atoms with Gasteiger partial charge in [-0.05, 0) is 19.1 Å². The Morgan fingerprint density at radius 1 is 1.31 bits per heavy atom. The highest BCUT2D eigenvalue weighted by Gasteiger charge is 2.20. The topological polar surface area (TPSA) is 78.9 Å². The summed E-state index contributed by atoms with van der Waals surface area (Å²) in [4.78, 5) is 0. The second-order valence-corrected chi connectivity index (χ2v) is 6.74. The third kappa shape index (κ3) is 4.10.